The third-order valence-electron chi connectivity index (χ3n) is 5.05. The molecule has 7 nitrogen and oxygen atoms in total. The molecular formula is C21H16Cl2N2O5. The molecule has 0 aliphatic carbocycles. The van der Waals surface area contributed by atoms with E-state index in [4.69, 9.17) is 27.9 Å². The largest absolute Gasteiger partial charge is 0.426 e. The number of amides is 3. The van der Waals surface area contributed by atoms with Crippen molar-refractivity contribution >= 4 is 58.3 Å². The van der Waals surface area contributed by atoms with Crippen LogP contribution in [0.2, 0.25) is 10.0 Å². The van der Waals surface area contributed by atoms with Crippen LogP contribution in [0.1, 0.15) is 19.3 Å². The molecule has 2 saturated heterocycles. The highest BCUT2D eigenvalue weighted by Crippen LogP contribution is 2.36. The van der Waals surface area contributed by atoms with Crippen molar-refractivity contribution in [3.8, 4) is 5.75 Å². The van der Waals surface area contributed by atoms with E-state index < -0.39 is 11.9 Å². The zero-order valence-electron chi connectivity index (χ0n) is 15.6. The van der Waals surface area contributed by atoms with Crippen molar-refractivity contribution < 1.29 is 23.9 Å². The molecule has 2 heterocycles. The van der Waals surface area contributed by atoms with Gasteiger partial charge in [-0.25, -0.2) is 0 Å². The van der Waals surface area contributed by atoms with Crippen LogP contribution in [0.15, 0.2) is 42.5 Å². The number of hydrogen-bond donors (Lipinski definition) is 0. The molecule has 3 amide bonds. The van der Waals surface area contributed by atoms with Crippen molar-refractivity contribution in [2.45, 2.75) is 19.3 Å². The van der Waals surface area contributed by atoms with E-state index in [1.165, 1.54) is 17.0 Å². The van der Waals surface area contributed by atoms with Crippen LogP contribution in [0.3, 0.4) is 0 Å². The van der Waals surface area contributed by atoms with Crippen LogP contribution in [-0.2, 0) is 19.2 Å². The second kappa shape index (κ2) is 8.08. The Morgan fingerprint density at radius 1 is 0.933 bits per heavy atom. The summed E-state index contributed by atoms with van der Waals surface area (Å²) in [5, 5.41) is 0.575. The Morgan fingerprint density at radius 3 is 2.27 bits per heavy atom. The van der Waals surface area contributed by atoms with E-state index >= 15 is 0 Å². The first-order valence-electron chi connectivity index (χ1n) is 9.27. The Bertz CT molecular complexity index is 1040. The highest BCUT2D eigenvalue weighted by molar-refractivity contribution is 6.44. The predicted octanol–water partition coefficient (Wildman–Crippen LogP) is 3.61. The van der Waals surface area contributed by atoms with Gasteiger partial charge in [0, 0.05) is 25.8 Å². The Kier molecular flexibility index (Phi) is 5.49. The minimum Gasteiger partial charge on any atom is -0.426 e. The first-order valence-corrected chi connectivity index (χ1v) is 10.0. The summed E-state index contributed by atoms with van der Waals surface area (Å²) < 4.78 is 5.39. The average Bonchev–Trinajstić information content (AvgIpc) is 3.27. The fourth-order valence-electron chi connectivity index (χ4n) is 3.53. The van der Waals surface area contributed by atoms with E-state index in [2.05, 4.69) is 0 Å². The lowest BCUT2D eigenvalue weighted by atomic mass is 10.1. The topological polar surface area (TPSA) is 84.0 Å². The van der Waals surface area contributed by atoms with Crippen LogP contribution in [0.4, 0.5) is 11.4 Å². The molecule has 9 heteroatoms. The lowest BCUT2D eigenvalue weighted by Gasteiger charge is -2.18. The molecule has 0 N–H and O–H groups in total. The normalized spacial score (nSPS) is 19.0. The summed E-state index contributed by atoms with van der Waals surface area (Å²) in [6, 6.07) is 11.1. The molecule has 0 saturated carbocycles. The maximum Gasteiger partial charge on any atom is 0.316 e. The number of anilines is 2. The number of carbonyl (C=O) groups is 4. The first-order chi connectivity index (χ1) is 14.3. The number of esters is 1. The predicted molar refractivity (Wildman–Crippen MR) is 111 cm³/mol. The second-order valence-electron chi connectivity index (χ2n) is 7.02. The molecule has 0 aromatic heterocycles. The van der Waals surface area contributed by atoms with Gasteiger partial charge in [0.2, 0.25) is 17.7 Å². The number of rotatable bonds is 4. The van der Waals surface area contributed by atoms with Crippen LogP contribution in [0, 0.1) is 5.92 Å². The molecule has 30 heavy (non-hydrogen) atoms. The zero-order valence-corrected chi connectivity index (χ0v) is 17.2. The monoisotopic (exact) mass is 446 g/mol. The average molecular weight is 447 g/mol. The molecular weight excluding hydrogens is 431 g/mol. The lowest BCUT2D eigenvalue weighted by Crippen LogP contribution is -2.28. The number of nitrogens with zero attached hydrogens (tertiary/aromatic N) is 2. The quantitative estimate of drug-likeness (QED) is 0.406. The molecule has 2 fully saturated rings. The zero-order chi connectivity index (χ0) is 21.4. The van der Waals surface area contributed by atoms with E-state index in [1.807, 2.05) is 0 Å². The van der Waals surface area contributed by atoms with Gasteiger partial charge in [0.1, 0.15) is 5.75 Å². The number of benzene rings is 2. The third kappa shape index (κ3) is 3.78. The van der Waals surface area contributed by atoms with Crippen molar-refractivity contribution in [1.82, 2.24) is 0 Å². The maximum absolute atomic E-state index is 12.6. The second-order valence-corrected chi connectivity index (χ2v) is 7.80. The lowest BCUT2D eigenvalue weighted by molar-refractivity contribution is -0.139. The molecule has 1 atom stereocenters. The maximum atomic E-state index is 12.6. The van der Waals surface area contributed by atoms with Crippen LogP contribution >= 0.6 is 23.2 Å². The van der Waals surface area contributed by atoms with Gasteiger partial charge in [-0.05, 0) is 36.4 Å². The molecule has 0 bridgehead atoms. The smallest absolute Gasteiger partial charge is 0.316 e. The van der Waals surface area contributed by atoms with Crippen LogP contribution in [0.25, 0.3) is 0 Å². The van der Waals surface area contributed by atoms with Gasteiger partial charge in [-0.15, -0.1) is 0 Å². The summed E-state index contributed by atoms with van der Waals surface area (Å²) in [6.07, 6.45) is 0.382. The number of ether oxygens (including phenoxy) is 1. The summed E-state index contributed by atoms with van der Waals surface area (Å²) in [5.41, 5.74) is 0.883. The van der Waals surface area contributed by atoms with Gasteiger partial charge in [-0.2, -0.15) is 0 Å². The van der Waals surface area contributed by atoms with Gasteiger partial charge in [0.25, 0.3) is 0 Å². The van der Waals surface area contributed by atoms with Crippen molar-refractivity contribution in [1.29, 1.82) is 0 Å². The summed E-state index contributed by atoms with van der Waals surface area (Å²) >= 11 is 12.2. The van der Waals surface area contributed by atoms with E-state index in [-0.39, 0.29) is 54.3 Å². The van der Waals surface area contributed by atoms with E-state index in [1.54, 1.807) is 30.3 Å². The van der Waals surface area contributed by atoms with Crippen molar-refractivity contribution in [2.75, 3.05) is 16.3 Å². The molecule has 2 aromatic carbocycles. The van der Waals surface area contributed by atoms with E-state index in [0.717, 1.165) is 4.90 Å². The Balaban J connectivity index is 1.43. The Morgan fingerprint density at radius 2 is 1.60 bits per heavy atom. The molecule has 0 spiro atoms. The summed E-state index contributed by atoms with van der Waals surface area (Å²) in [5.74, 6) is -1.71. The van der Waals surface area contributed by atoms with Crippen LogP contribution in [0.5, 0.6) is 5.75 Å². The summed E-state index contributed by atoms with van der Waals surface area (Å²) in [6.45, 7) is 0.132. The third-order valence-corrected chi connectivity index (χ3v) is 5.85. The van der Waals surface area contributed by atoms with Gasteiger partial charge in [-0.3, -0.25) is 24.1 Å². The molecule has 0 radical (unpaired) electrons. The molecule has 4 rings (SSSR count). The molecule has 154 valence electrons. The molecule has 0 unspecified atom stereocenters. The van der Waals surface area contributed by atoms with E-state index in [0.29, 0.717) is 16.4 Å². The minimum absolute atomic E-state index is 0.00343. The SMILES string of the molecule is O=C(Oc1ccc(N2C(=O)CCC2=O)cc1)[C@H]1CC(=O)N(c2cccc(Cl)c2Cl)C1. The van der Waals surface area contributed by atoms with Gasteiger partial charge >= 0.3 is 5.97 Å². The van der Waals surface area contributed by atoms with Gasteiger partial charge in [-0.1, -0.05) is 29.3 Å². The Hall–Kier alpha value is -2.90. The van der Waals surface area contributed by atoms with Crippen molar-refractivity contribution in [2.24, 2.45) is 5.92 Å². The first kappa shape index (κ1) is 20.4. The summed E-state index contributed by atoms with van der Waals surface area (Å²) in [4.78, 5) is 51.1. The molecule has 2 aromatic rings. The van der Waals surface area contributed by atoms with Crippen LogP contribution < -0.4 is 14.5 Å². The highest BCUT2D eigenvalue weighted by Gasteiger charge is 2.37. The van der Waals surface area contributed by atoms with Gasteiger partial charge in [0.15, 0.2) is 0 Å². The molecule has 2 aliphatic heterocycles. The highest BCUT2D eigenvalue weighted by atomic mass is 35.5. The number of carbonyl (C=O) groups excluding carboxylic acids is 4. The number of halogens is 2. The standard InChI is InChI=1S/C21H16Cl2N2O5/c22-15-2-1-3-16(20(15)23)24-11-12(10-19(24)28)21(29)30-14-6-4-13(5-7-14)25-17(26)8-9-18(25)27/h1-7,12H,8-11H2/t12-/m0/s1. The van der Waals surface area contributed by atoms with Crippen molar-refractivity contribution in [3.63, 3.8) is 0 Å². The van der Waals surface area contributed by atoms with E-state index in [9.17, 15) is 19.2 Å². The Labute approximate surface area is 182 Å². The fourth-order valence-corrected chi connectivity index (χ4v) is 3.92. The fraction of sp³-hybridized carbons (Fsp3) is 0.238. The summed E-state index contributed by atoms with van der Waals surface area (Å²) in [7, 11) is 0. The van der Waals surface area contributed by atoms with Gasteiger partial charge < -0.3 is 9.64 Å². The molecule has 2 aliphatic rings. The van der Waals surface area contributed by atoms with Crippen molar-refractivity contribution in [3.05, 3.63) is 52.5 Å². The number of imide groups is 1. The van der Waals surface area contributed by atoms with Gasteiger partial charge in [0.05, 0.1) is 27.3 Å². The number of hydrogen-bond acceptors (Lipinski definition) is 5. The van der Waals surface area contributed by atoms with Crippen LogP contribution in [-0.4, -0.2) is 30.2 Å². The minimum atomic E-state index is -0.658.